The van der Waals surface area contributed by atoms with Crippen LogP contribution in [0.3, 0.4) is 0 Å². The van der Waals surface area contributed by atoms with Crippen molar-refractivity contribution >= 4 is 22.6 Å². The third-order valence-corrected chi connectivity index (χ3v) is 5.83. The number of nitrogens with zero attached hydrogens (tertiary/aromatic N) is 3. The fourth-order valence-electron chi connectivity index (χ4n) is 4.33. The summed E-state index contributed by atoms with van der Waals surface area (Å²) < 4.78 is 12.9. The van der Waals surface area contributed by atoms with Crippen LogP contribution in [0, 0.1) is 0 Å². The summed E-state index contributed by atoms with van der Waals surface area (Å²) in [4.78, 5) is 30.1. The Morgan fingerprint density at radius 2 is 1.94 bits per heavy atom. The van der Waals surface area contributed by atoms with Crippen molar-refractivity contribution in [1.29, 1.82) is 0 Å². The monoisotopic (exact) mass is 441 g/mol. The highest BCUT2D eigenvalue weighted by molar-refractivity contribution is 5.94. The van der Waals surface area contributed by atoms with Crippen LogP contribution in [-0.4, -0.2) is 30.8 Å². The van der Waals surface area contributed by atoms with Crippen molar-refractivity contribution in [3.05, 3.63) is 82.6 Å². The van der Waals surface area contributed by atoms with E-state index in [1.807, 2.05) is 0 Å². The first-order chi connectivity index (χ1) is 16.0. The van der Waals surface area contributed by atoms with Gasteiger partial charge in [0.1, 0.15) is 34.5 Å². The number of hydrogen-bond acceptors (Lipinski definition) is 8. The Kier molecular flexibility index (Phi) is 4.00. The van der Waals surface area contributed by atoms with E-state index in [1.165, 1.54) is 24.5 Å². The average molecular weight is 441 g/mol. The van der Waals surface area contributed by atoms with Crippen molar-refractivity contribution in [2.75, 3.05) is 0 Å². The van der Waals surface area contributed by atoms with Crippen LogP contribution in [0.2, 0.25) is 0 Å². The second kappa shape index (κ2) is 6.92. The van der Waals surface area contributed by atoms with Crippen molar-refractivity contribution in [3.63, 3.8) is 0 Å². The zero-order chi connectivity index (χ0) is 22.7. The van der Waals surface area contributed by atoms with Gasteiger partial charge in [-0.3, -0.25) is 9.59 Å². The molecule has 0 radical (unpaired) electrons. The maximum atomic E-state index is 13.4. The first-order valence-electron chi connectivity index (χ1n) is 10.1. The molecule has 9 heteroatoms. The molecule has 1 atom stereocenters. The molecule has 1 aliphatic rings. The van der Waals surface area contributed by atoms with Gasteiger partial charge in [-0.25, -0.2) is 9.50 Å². The first kappa shape index (κ1) is 19.1. The molecule has 0 saturated heterocycles. The van der Waals surface area contributed by atoms with Gasteiger partial charge in [0.05, 0.1) is 18.2 Å². The normalized spacial score (nSPS) is 15.5. The molecule has 9 nitrogen and oxygen atoms in total. The average Bonchev–Trinajstić information content (AvgIpc) is 3.23. The summed E-state index contributed by atoms with van der Waals surface area (Å²) in [5.74, 6) is -1.20. The number of rotatable bonds is 2. The van der Waals surface area contributed by atoms with Gasteiger partial charge in [0.15, 0.2) is 5.65 Å². The van der Waals surface area contributed by atoms with Crippen molar-refractivity contribution in [2.24, 2.45) is 0 Å². The van der Waals surface area contributed by atoms with Crippen LogP contribution in [0.1, 0.15) is 23.5 Å². The van der Waals surface area contributed by atoms with E-state index in [2.05, 4.69) is 10.1 Å². The second-order valence-electron chi connectivity index (χ2n) is 7.76. The minimum Gasteiger partial charge on any atom is -0.508 e. The van der Waals surface area contributed by atoms with Crippen LogP contribution in [0.4, 0.5) is 0 Å². The van der Waals surface area contributed by atoms with Gasteiger partial charge in [-0.15, -0.1) is 0 Å². The number of aromatic hydroxyl groups is 2. The van der Waals surface area contributed by atoms with Gasteiger partial charge < -0.3 is 19.4 Å². The smallest absolute Gasteiger partial charge is 0.312 e. The Balaban J connectivity index is 1.63. The van der Waals surface area contributed by atoms with Gasteiger partial charge in [0, 0.05) is 35.5 Å². The molecule has 2 aromatic carbocycles. The van der Waals surface area contributed by atoms with E-state index in [9.17, 15) is 19.8 Å². The Labute approximate surface area is 185 Å². The minimum absolute atomic E-state index is 0.00573. The number of esters is 1. The molecule has 2 N–H and O–H groups in total. The molecule has 0 saturated carbocycles. The summed E-state index contributed by atoms with van der Waals surface area (Å²) in [5.41, 5.74) is 2.13. The Morgan fingerprint density at radius 1 is 1.12 bits per heavy atom. The quantitative estimate of drug-likeness (QED) is 0.315. The Morgan fingerprint density at radius 3 is 2.76 bits per heavy atom. The van der Waals surface area contributed by atoms with Crippen LogP contribution in [-0.2, 0) is 4.79 Å². The number of carbonyl (C=O) groups is 1. The molecule has 0 aliphatic carbocycles. The zero-order valence-electron chi connectivity index (χ0n) is 16.9. The summed E-state index contributed by atoms with van der Waals surface area (Å²) in [6.07, 6.45) is 6.29. The zero-order valence-corrected chi connectivity index (χ0v) is 16.9. The number of carbonyl (C=O) groups excluding carboxylic acids is 1. The second-order valence-corrected chi connectivity index (χ2v) is 7.76. The lowest BCUT2D eigenvalue weighted by Crippen LogP contribution is -2.22. The van der Waals surface area contributed by atoms with Crippen molar-refractivity contribution in [1.82, 2.24) is 14.6 Å². The Hall–Kier alpha value is -4.66. The van der Waals surface area contributed by atoms with Crippen LogP contribution < -0.4 is 10.2 Å². The van der Waals surface area contributed by atoms with Crippen LogP contribution in [0.25, 0.3) is 27.7 Å². The summed E-state index contributed by atoms with van der Waals surface area (Å²) >= 11 is 0. The number of benzene rings is 2. The SMILES string of the molecule is O=C1C[C@H](c2cnn3cccnc23)c2c(cc(O)c3c(=O)c(-c4ccc(O)cc4)coc23)O1. The van der Waals surface area contributed by atoms with Gasteiger partial charge in [0.25, 0.3) is 0 Å². The molecule has 6 rings (SSSR count). The highest BCUT2D eigenvalue weighted by atomic mass is 16.5. The minimum atomic E-state index is -0.542. The molecule has 3 aromatic heterocycles. The van der Waals surface area contributed by atoms with E-state index in [1.54, 1.807) is 41.3 Å². The molecule has 5 aromatic rings. The molecule has 0 fully saturated rings. The van der Waals surface area contributed by atoms with E-state index in [-0.39, 0.29) is 40.2 Å². The molecule has 0 unspecified atom stereocenters. The van der Waals surface area contributed by atoms with Gasteiger partial charge in [-0.2, -0.15) is 5.10 Å². The lowest BCUT2D eigenvalue weighted by Gasteiger charge is -2.25. The van der Waals surface area contributed by atoms with Gasteiger partial charge in [-0.05, 0) is 23.8 Å². The van der Waals surface area contributed by atoms with Gasteiger partial charge >= 0.3 is 5.97 Å². The number of ether oxygens (including phenoxy) is 1. The lowest BCUT2D eigenvalue weighted by atomic mass is 9.86. The number of phenols is 2. The summed E-state index contributed by atoms with van der Waals surface area (Å²) in [5, 5.41) is 24.5. The highest BCUT2D eigenvalue weighted by Crippen LogP contribution is 2.46. The number of hydrogen-bond donors (Lipinski definition) is 2. The van der Waals surface area contributed by atoms with E-state index in [0.717, 1.165) is 0 Å². The fraction of sp³-hybridized carbons (Fsp3) is 0.0833. The molecule has 33 heavy (non-hydrogen) atoms. The molecular formula is C24H15N3O6. The molecule has 0 amide bonds. The fourth-order valence-corrected chi connectivity index (χ4v) is 4.33. The van der Waals surface area contributed by atoms with Crippen LogP contribution in [0.5, 0.6) is 17.2 Å². The standard InChI is InChI=1S/C24H15N3O6/c28-13-4-2-12(3-5-13)16-11-32-23-20-14(15-10-26-27-7-1-6-25-24(15)27)8-19(30)33-18(20)9-17(29)21(23)22(16)31/h1-7,9-11,14,28-29H,8H2/t14-/m1/s1. The topological polar surface area (TPSA) is 127 Å². The highest BCUT2D eigenvalue weighted by Gasteiger charge is 2.35. The predicted molar refractivity (Wildman–Crippen MR) is 116 cm³/mol. The van der Waals surface area contributed by atoms with Crippen molar-refractivity contribution in [2.45, 2.75) is 12.3 Å². The molecule has 4 heterocycles. The van der Waals surface area contributed by atoms with E-state index in [4.69, 9.17) is 9.15 Å². The van der Waals surface area contributed by atoms with Crippen LogP contribution >= 0.6 is 0 Å². The number of phenolic OH excluding ortho intramolecular Hbond substituents is 2. The van der Waals surface area contributed by atoms with Crippen LogP contribution in [0.15, 0.2) is 70.5 Å². The maximum Gasteiger partial charge on any atom is 0.312 e. The summed E-state index contributed by atoms with van der Waals surface area (Å²) in [6.45, 7) is 0. The summed E-state index contributed by atoms with van der Waals surface area (Å²) in [6, 6.07) is 9.08. The Bertz CT molecular complexity index is 1630. The molecule has 0 spiro atoms. The molecular weight excluding hydrogens is 426 g/mol. The van der Waals surface area contributed by atoms with Gasteiger partial charge in [0.2, 0.25) is 5.43 Å². The van der Waals surface area contributed by atoms with E-state index in [0.29, 0.717) is 22.3 Å². The summed E-state index contributed by atoms with van der Waals surface area (Å²) in [7, 11) is 0. The molecule has 0 bridgehead atoms. The van der Waals surface area contributed by atoms with Gasteiger partial charge in [-0.1, -0.05) is 12.1 Å². The third kappa shape index (κ3) is 2.86. The number of aromatic nitrogens is 3. The van der Waals surface area contributed by atoms with Crippen molar-refractivity contribution < 1.29 is 24.2 Å². The molecule has 162 valence electrons. The number of fused-ring (bicyclic) bond motifs is 4. The predicted octanol–water partition coefficient (Wildman–Crippen LogP) is 3.35. The lowest BCUT2D eigenvalue weighted by molar-refractivity contribution is -0.135. The first-order valence-corrected chi connectivity index (χ1v) is 10.1. The maximum absolute atomic E-state index is 13.4. The largest absolute Gasteiger partial charge is 0.508 e. The van der Waals surface area contributed by atoms with Crippen molar-refractivity contribution in [3.8, 4) is 28.4 Å². The van der Waals surface area contributed by atoms with E-state index >= 15 is 0 Å². The third-order valence-electron chi connectivity index (χ3n) is 5.83. The van der Waals surface area contributed by atoms with E-state index < -0.39 is 17.3 Å². The molecule has 1 aliphatic heterocycles.